The Morgan fingerprint density at radius 3 is 1.60 bits per heavy atom. The molecule has 2 atom stereocenters. The summed E-state index contributed by atoms with van der Waals surface area (Å²) in [5, 5.41) is 2.54. The van der Waals surface area contributed by atoms with Crippen molar-refractivity contribution in [1.82, 2.24) is 24.7 Å². The van der Waals surface area contributed by atoms with E-state index in [1.54, 1.807) is 12.1 Å². The van der Waals surface area contributed by atoms with E-state index in [0.29, 0.717) is 80.6 Å². The van der Waals surface area contributed by atoms with Crippen LogP contribution in [-0.2, 0) is 39.1 Å². The third kappa shape index (κ3) is 13.9. The largest absolute Gasteiger partial charge is 0.477 e. The molecule has 4 heterocycles. The van der Waals surface area contributed by atoms with Crippen LogP contribution < -0.4 is 29.1 Å². The first-order valence-electron chi connectivity index (χ1n) is 25.9. The van der Waals surface area contributed by atoms with Crippen LogP contribution in [0.1, 0.15) is 138 Å². The highest BCUT2D eigenvalue weighted by atomic mass is 32.2. The van der Waals surface area contributed by atoms with Gasteiger partial charge >= 0.3 is 0 Å². The van der Waals surface area contributed by atoms with E-state index in [2.05, 4.69) is 45.1 Å². The highest BCUT2D eigenvalue weighted by Gasteiger charge is 2.56. The number of anilines is 1. The maximum Gasteiger partial charge on any atom is 0.281 e. The number of halogens is 1. The molecular weight excluding hydrogens is 976 g/mol. The van der Waals surface area contributed by atoms with Crippen LogP contribution in [0.2, 0.25) is 0 Å². The Hall–Kier alpha value is -5.21. The molecule has 396 valence electrons. The van der Waals surface area contributed by atoms with Crippen molar-refractivity contribution in [3.63, 3.8) is 0 Å². The molecule has 6 fully saturated rings. The van der Waals surface area contributed by atoms with Crippen molar-refractivity contribution in [3.05, 3.63) is 101 Å². The number of pyridine rings is 2. The van der Waals surface area contributed by atoms with Crippen LogP contribution in [0.3, 0.4) is 0 Å². The number of carbonyl (C=O) groups is 2. The fourth-order valence-electron chi connectivity index (χ4n) is 9.91. The fourth-order valence-corrected chi connectivity index (χ4v) is 11.9. The van der Waals surface area contributed by atoms with Gasteiger partial charge in [0.05, 0.1) is 32.5 Å². The van der Waals surface area contributed by atoms with Gasteiger partial charge in [0.25, 0.3) is 31.9 Å². The maximum atomic E-state index is 13.3. The number of carbonyl (C=O) groups excluding carboxylic acids is 2. The summed E-state index contributed by atoms with van der Waals surface area (Å²) in [6.45, 7) is 12.6. The van der Waals surface area contributed by atoms with Crippen LogP contribution in [0.5, 0.6) is 11.5 Å². The van der Waals surface area contributed by atoms with Crippen LogP contribution in [0.15, 0.2) is 82.8 Å². The minimum atomic E-state index is -4.29. The van der Waals surface area contributed by atoms with Crippen LogP contribution in [0.4, 0.5) is 10.2 Å². The molecule has 2 aromatic heterocycles. The zero-order valence-corrected chi connectivity index (χ0v) is 44.1. The average molecular weight is 1050 g/mol. The predicted molar refractivity (Wildman–Crippen MR) is 274 cm³/mol. The molecule has 10 rings (SSSR count). The molecule has 0 radical (unpaired) electrons. The second kappa shape index (κ2) is 23.6. The highest BCUT2D eigenvalue weighted by molar-refractivity contribution is 7.90. The molecule has 3 N–H and O–H groups in total. The van der Waals surface area contributed by atoms with E-state index >= 15 is 0 Å². The number of sulfonamides is 2. The summed E-state index contributed by atoms with van der Waals surface area (Å²) in [5.41, 5.74) is 1.87. The van der Waals surface area contributed by atoms with Crippen molar-refractivity contribution < 1.29 is 49.8 Å². The van der Waals surface area contributed by atoms with Crippen LogP contribution in [-0.4, -0.2) is 101 Å². The maximum absolute atomic E-state index is 13.3. The molecule has 0 unspecified atom stereocenters. The molecule has 73 heavy (non-hydrogen) atoms. The van der Waals surface area contributed by atoms with Crippen LogP contribution in [0.25, 0.3) is 0 Å². The lowest BCUT2D eigenvalue weighted by atomic mass is 9.83. The molecule has 2 aliphatic heterocycles. The predicted octanol–water partition coefficient (Wildman–Crippen LogP) is 8.07. The number of amides is 2. The monoisotopic (exact) mass is 1050 g/mol. The summed E-state index contributed by atoms with van der Waals surface area (Å²) in [5.74, 6) is 0.384. The Kier molecular flexibility index (Phi) is 17.4. The third-order valence-electron chi connectivity index (χ3n) is 14.4. The lowest BCUT2D eigenvalue weighted by Gasteiger charge is -2.34. The Labute approximate surface area is 430 Å². The molecular formula is C54H71FN6O10S2. The molecule has 19 heteroatoms. The summed E-state index contributed by atoms with van der Waals surface area (Å²) < 4.78 is 92.0. The Balaban J connectivity index is 0.000000174. The quantitative estimate of drug-likeness (QED) is 0.108. The van der Waals surface area contributed by atoms with Crippen molar-refractivity contribution >= 4 is 37.7 Å². The standard InChI is InChI=1S/C27H35N3O5S.C22H25FN2O4S.C5H11NO/c1-19-11-12-22(21-7-4-3-5-8-21)23(17-19)35-27(13-14-27)26(31)29-36(32,33)25-10-6-9-24(28-25)30-15-16-34-18-20(30)2;1-15-10-11-17(16-6-3-2-4-7-16)18(14-15)29-22(12-13-22)21(26)25-30(27,28)20-9-5-8-19(23)24-20;1-5-4-7-3-2-6-5/h6,9-12,17,20-21H,3-5,7-8,13-16,18H2,1-2H3,(H,29,31);5,8-11,14,16H,2-4,6-7,12-13H2,1H3,(H,25,26);5-6H,2-4H2,1H3/t20-;;5-/m0.0/s1. The van der Waals surface area contributed by atoms with Gasteiger partial charge in [-0.25, -0.2) is 19.4 Å². The van der Waals surface area contributed by atoms with E-state index in [4.69, 9.17) is 18.9 Å². The molecule has 2 amide bonds. The summed E-state index contributed by atoms with van der Waals surface area (Å²) >= 11 is 0. The van der Waals surface area contributed by atoms with Crippen molar-refractivity contribution in [2.75, 3.05) is 44.4 Å². The van der Waals surface area contributed by atoms with E-state index in [9.17, 15) is 30.8 Å². The van der Waals surface area contributed by atoms with Gasteiger partial charge in [-0.1, -0.05) is 74.9 Å². The van der Waals surface area contributed by atoms with Crippen molar-refractivity contribution in [1.29, 1.82) is 0 Å². The molecule has 0 bridgehead atoms. The van der Waals surface area contributed by atoms with Gasteiger partial charge in [-0.15, -0.1) is 0 Å². The first-order chi connectivity index (χ1) is 35.0. The van der Waals surface area contributed by atoms with Crippen LogP contribution >= 0.6 is 0 Å². The minimum Gasteiger partial charge on any atom is -0.477 e. The number of benzene rings is 2. The van der Waals surface area contributed by atoms with Gasteiger partial charge < -0.3 is 29.2 Å². The van der Waals surface area contributed by atoms with E-state index in [-0.39, 0.29) is 11.1 Å². The molecule has 2 saturated heterocycles. The smallest absolute Gasteiger partial charge is 0.281 e. The number of ether oxygens (including phenoxy) is 4. The average Bonchev–Trinajstić information content (AvgIpc) is 4.33. The zero-order chi connectivity index (χ0) is 51.8. The molecule has 4 aliphatic carbocycles. The number of nitrogens with zero attached hydrogens (tertiary/aromatic N) is 3. The third-order valence-corrected chi connectivity index (χ3v) is 16.9. The topological polar surface area (TPSA) is 204 Å². The highest BCUT2D eigenvalue weighted by Crippen LogP contribution is 2.47. The Morgan fingerprint density at radius 1 is 0.671 bits per heavy atom. The number of rotatable bonds is 13. The van der Waals surface area contributed by atoms with Gasteiger partial charge in [0, 0.05) is 44.8 Å². The van der Waals surface area contributed by atoms with Gasteiger partial charge in [-0.05, 0) is 124 Å². The Morgan fingerprint density at radius 2 is 1.16 bits per heavy atom. The zero-order valence-electron chi connectivity index (χ0n) is 42.5. The lowest BCUT2D eigenvalue weighted by molar-refractivity contribution is -0.128. The van der Waals surface area contributed by atoms with Gasteiger partial charge in [0.1, 0.15) is 17.3 Å². The summed E-state index contributed by atoms with van der Waals surface area (Å²) in [6, 6.07) is 21.1. The number of hydrogen-bond acceptors (Lipinski definition) is 14. The minimum absolute atomic E-state index is 0.0783. The Bertz CT molecular complexity index is 2790. The van der Waals surface area contributed by atoms with Gasteiger partial charge in [-0.3, -0.25) is 9.59 Å². The summed E-state index contributed by atoms with van der Waals surface area (Å²) in [4.78, 5) is 35.9. The van der Waals surface area contributed by atoms with Gasteiger partial charge in [0.2, 0.25) is 5.95 Å². The molecule has 6 aliphatic rings. The molecule has 16 nitrogen and oxygen atoms in total. The van der Waals surface area contributed by atoms with Crippen molar-refractivity contribution in [2.24, 2.45) is 0 Å². The molecule has 4 saturated carbocycles. The lowest BCUT2D eigenvalue weighted by Crippen LogP contribution is -2.45. The summed E-state index contributed by atoms with van der Waals surface area (Å²) in [7, 11) is -8.45. The molecule has 4 aromatic rings. The molecule has 0 spiro atoms. The second-order valence-corrected chi connectivity index (χ2v) is 23.8. The SMILES string of the molecule is C[C@H]1COCCN1.Cc1ccc(C2CCCCC2)c(OC2(C(=O)NS(=O)(=O)c3cccc(F)n3)CC2)c1.Cc1ccc(C2CCCCC2)c(OC2(C(=O)NS(=O)(=O)c3cccc(N4CCOC[C@@H]4C)n3)CC2)c1. The first kappa shape index (κ1) is 54.1. The number of aryl methyl sites for hydroxylation is 2. The van der Waals surface area contributed by atoms with Crippen LogP contribution in [0, 0.1) is 19.8 Å². The normalized spacial score (nSPS) is 21.7. The number of morpholine rings is 2. The second-order valence-electron chi connectivity index (χ2n) is 20.5. The van der Waals surface area contributed by atoms with Gasteiger partial charge in [0.15, 0.2) is 21.3 Å². The van der Waals surface area contributed by atoms with E-state index in [0.717, 1.165) is 79.8 Å². The van der Waals surface area contributed by atoms with E-state index in [1.165, 1.54) is 50.7 Å². The van der Waals surface area contributed by atoms with Crippen molar-refractivity contribution in [3.8, 4) is 11.5 Å². The first-order valence-corrected chi connectivity index (χ1v) is 28.9. The number of hydrogen-bond donors (Lipinski definition) is 3. The van der Waals surface area contributed by atoms with Crippen molar-refractivity contribution in [2.45, 2.75) is 163 Å². The summed E-state index contributed by atoms with van der Waals surface area (Å²) in [6.07, 6.45) is 13.4. The fraction of sp³-hybridized carbons (Fsp3) is 0.556. The van der Waals surface area contributed by atoms with Gasteiger partial charge in [-0.2, -0.15) is 21.2 Å². The van der Waals surface area contributed by atoms with E-state index in [1.807, 2.05) is 48.6 Å². The number of aromatic nitrogens is 2. The molecule has 2 aromatic carbocycles. The number of nitrogens with one attached hydrogen (secondary N) is 3. The van der Waals surface area contributed by atoms with E-state index < -0.39 is 54.0 Å².